The third-order valence-electron chi connectivity index (χ3n) is 4.24. The number of morpholine rings is 1. The molecule has 116 valence electrons. The summed E-state index contributed by atoms with van der Waals surface area (Å²) in [6.45, 7) is 7.58. The number of ether oxygens (including phenoxy) is 1. The Hall–Kier alpha value is -1.63. The van der Waals surface area contributed by atoms with Gasteiger partial charge in [0.05, 0.1) is 13.2 Å². The first-order chi connectivity index (χ1) is 10.0. The van der Waals surface area contributed by atoms with E-state index < -0.39 is 0 Å². The standard InChI is InChI=1S/C14H24N6O/c1-14(2)4-3-10(9-14)16-12-17-11(15)18-13(19-12)20-5-7-21-8-6-20/h10H,3-9H2,1-2H3,(H3,15,16,17,18,19). The van der Waals surface area contributed by atoms with Crippen molar-refractivity contribution in [2.75, 3.05) is 42.3 Å². The fourth-order valence-corrected chi connectivity index (χ4v) is 3.09. The molecule has 7 heteroatoms. The Bertz CT molecular complexity index is 500. The molecule has 0 radical (unpaired) electrons. The number of nitrogens with zero attached hydrogens (tertiary/aromatic N) is 4. The van der Waals surface area contributed by atoms with E-state index in [1.54, 1.807) is 0 Å². The molecule has 0 spiro atoms. The highest BCUT2D eigenvalue weighted by atomic mass is 16.5. The molecule has 21 heavy (non-hydrogen) atoms. The number of aromatic nitrogens is 3. The summed E-state index contributed by atoms with van der Waals surface area (Å²) in [4.78, 5) is 15.1. The highest BCUT2D eigenvalue weighted by Gasteiger charge is 2.31. The van der Waals surface area contributed by atoms with E-state index in [2.05, 4.69) is 39.0 Å². The zero-order valence-electron chi connectivity index (χ0n) is 12.8. The van der Waals surface area contributed by atoms with Crippen LogP contribution in [0.5, 0.6) is 0 Å². The predicted molar refractivity (Wildman–Crippen MR) is 82.3 cm³/mol. The summed E-state index contributed by atoms with van der Waals surface area (Å²) >= 11 is 0. The van der Waals surface area contributed by atoms with E-state index in [4.69, 9.17) is 10.5 Å². The molecule has 0 amide bonds. The van der Waals surface area contributed by atoms with Gasteiger partial charge in [-0.2, -0.15) is 15.0 Å². The van der Waals surface area contributed by atoms with Crippen molar-refractivity contribution >= 4 is 17.8 Å². The molecule has 2 heterocycles. The summed E-state index contributed by atoms with van der Waals surface area (Å²) in [5.74, 6) is 1.50. The lowest BCUT2D eigenvalue weighted by molar-refractivity contribution is 0.122. The number of hydrogen-bond acceptors (Lipinski definition) is 7. The van der Waals surface area contributed by atoms with Crippen molar-refractivity contribution in [3.8, 4) is 0 Å². The third kappa shape index (κ3) is 3.53. The summed E-state index contributed by atoms with van der Waals surface area (Å²) in [5.41, 5.74) is 6.23. The molecule has 1 atom stereocenters. The van der Waals surface area contributed by atoms with Crippen LogP contribution in [-0.2, 0) is 4.74 Å². The molecule has 2 fully saturated rings. The largest absolute Gasteiger partial charge is 0.378 e. The highest BCUT2D eigenvalue weighted by Crippen LogP contribution is 2.38. The number of anilines is 3. The summed E-state index contributed by atoms with van der Waals surface area (Å²) in [7, 11) is 0. The predicted octanol–water partition coefficient (Wildman–Crippen LogP) is 1.28. The molecule has 1 saturated heterocycles. The molecule has 1 aliphatic carbocycles. The van der Waals surface area contributed by atoms with Gasteiger partial charge in [-0.15, -0.1) is 0 Å². The van der Waals surface area contributed by atoms with Crippen LogP contribution in [0.15, 0.2) is 0 Å². The van der Waals surface area contributed by atoms with E-state index in [1.807, 2.05) is 0 Å². The van der Waals surface area contributed by atoms with Gasteiger partial charge in [-0.25, -0.2) is 0 Å². The molecule has 3 rings (SSSR count). The number of rotatable bonds is 3. The van der Waals surface area contributed by atoms with Crippen LogP contribution in [0.3, 0.4) is 0 Å². The van der Waals surface area contributed by atoms with E-state index in [9.17, 15) is 0 Å². The van der Waals surface area contributed by atoms with Crippen LogP contribution < -0.4 is 16.0 Å². The Morgan fingerprint density at radius 3 is 2.67 bits per heavy atom. The second-order valence-corrected chi connectivity index (χ2v) is 6.66. The molecule has 7 nitrogen and oxygen atoms in total. The van der Waals surface area contributed by atoms with Crippen molar-refractivity contribution in [1.82, 2.24) is 15.0 Å². The van der Waals surface area contributed by atoms with Crippen LogP contribution >= 0.6 is 0 Å². The smallest absolute Gasteiger partial charge is 0.232 e. The molecule has 1 aromatic rings. The van der Waals surface area contributed by atoms with Gasteiger partial charge >= 0.3 is 0 Å². The Morgan fingerprint density at radius 1 is 1.24 bits per heavy atom. The van der Waals surface area contributed by atoms with Gasteiger partial charge in [0.2, 0.25) is 17.8 Å². The van der Waals surface area contributed by atoms with Gasteiger partial charge in [0.15, 0.2) is 0 Å². The fraction of sp³-hybridized carbons (Fsp3) is 0.786. The fourth-order valence-electron chi connectivity index (χ4n) is 3.09. The van der Waals surface area contributed by atoms with Crippen LogP contribution in [0.2, 0.25) is 0 Å². The van der Waals surface area contributed by atoms with E-state index in [0.29, 0.717) is 36.6 Å². The van der Waals surface area contributed by atoms with E-state index in [0.717, 1.165) is 25.9 Å². The van der Waals surface area contributed by atoms with E-state index >= 15 is 0 Å². The molecular formula is C14H24N6O. The molecule has 1 unspecified atom stereocenters. The molecule has 1 aliphatic heterocycles. The molecule has 0 bridgehead atoms. The van der Waals surface area contributed by atoms with Crippen molar-refractivity contribution in [3.63, 3.8) is 0 Å². The van der Waals surface area contributed by atoms with Crippen LogP contribution in [0.1, 0.15) is 33.1 Å². The van der Waals surface area contributed by atoms with Gasteiger partial charge in [0.1, 0.15) is 0 Å². The summed E-state index contributed by atoms with van der Waals surface area (Å²) in [6.07, 6.45) is 3.50. The lowest BCUT2D eigenvalue weighted by atomic mass is 9.92. The van der Waals surface area contributed by atoms with Gasteiger partial charge in [-0.1, -0.05) is 13.8 Å². The maximum atomic E-state index is 5.83. The minimum absolute atomic E-state index is 0.270. The van der Waals surface area contributed by atoms with Crippen molar-refractivity contribution < 1.29 is 4.74 Å². The maximum absolute atomic E-state index is 5.83. The highest BCUT2D eigenvalue weighted by molar-refractivity contribution is 5.42. The van der Waals surface area contributed by atoms with Crippen LogP contribution in [0.25, 0.3) is 0 Å². The first-order valence-corrected chi connectivity index (χ1v) is 7.63. The number of hydrogen-bond donors (Lipinski definition) is 2. The van der Waals surface area contributed by atoms with Crippen LogP contribution in [0.4, 0.5) is 17.8 Å². The number of nitrogen functional groups attached to an aromatic ring is 1. The van der Waals surface area contributed by atoms with Gasteiger partial charge < -0.3 is 20.7 Å². The Morgan fingerprint density at radius 2 is 2.00 bits per heavy atom. The van der Waals surface area contributed by atoms with Gasteiger partial charge in [-0.3, -0.25) is 0 Å². The van der Waals surface area contributed by atoms with E-state index in [1.165, 1.54) is 6.42 Å². The monoisotopic (exact) mass is 292 g/mol. The number of nitrogens with one attached hydrogen (secondary N) is 1. The molecule has 1 saturated carbocycles. The second-order valence-electron chi connectivity index (χ2n) is 6.66. The van der Waals surface area contributed by atoms with E-state index in [-0.39, 0.29) is 5.95 Å². The average Bonchev–Trinajstić information content (AvgIpc) is 2.78. The van der Waals surface area contributed by atoms with Crippen LogP contribution in [-0.4, -0.2) is 47.3 Å². The minimum atomic E-state index is 0.270. The molecule has 2 aliphatic rings. The lowest BCUT2D eigenvalue weighted by Crippen LogP contribution is -2.37. The summed E-state index contributed by atoms with van der Waals surface area (Å²) in [5, 5.41) is 3.42. The first-order valence-electron chi connectivity index (χ1n) is 7.63. The zero-order valence-corrected chi connectivity index (χ0v) is 12.8. The van der Waals surface area contributed by atoms with Crippen molar-refractivity contribution in [3.05, 3.63) is 0 Å². The SMILES string of the molecule is CC1(C)CCC(Nc2nc(N)nc(N3CCOCC3)n2)C1. The topological polar surface area (TPSA) is 89.2 Å². The maximum Gasteiger partial charge on any atom is 0.232 e. The molecule has 3 N–H and O–H groups in total. The molecule has 0 aromatic carbocycles. The van der Waals surface area contributed by atoms with Gasteiger partial charge in [0, 0.05) is 19.1 Å². The van der Waals surface area contributed by atoms with Crippen LogP contribution in [0, 0.1) is 5.41 Å². The summed E-state index contributed by atoms with van der Waals surface area (Å²) < 4.78 is 5.35. The summed E-state index contributed by atoms with van der Waals surface area (Å²) in [6, 6.07) is 0.416. The third-order valence-corrected chi connectivity index (χ3v) is 4.24. The van der Waals surface area contributed by atoms with Crippen molar-refractivity contribution in [2.45, 2.75) is 39.2 Å². The minimum Gasteiger partial charge on any atom is -0.378 e. The number of nitrogens with two attached hydrogens (primary N) is 1. The second kappa shape index (κ2) is 5.63. The Balaban J connectivity index is 1.72. The Labute approximate surface area is 125 Å². The zero-order chi connectivity index (χ0) is 14.9. The average molecular weight is 292 g/mol. The molecular weight excluding hydrogens is 268 g/mol. The quantitative estimate of drug-likeness (QED) is 0.867. The van der Waals surface area contributed by atoms with Gasteiger partial charge in [0.25, 0.3) is 0 Å². The molecule has 1 aromatic heterocycles. The normalized spacial score (nSPS) is 25.0. The van der Waals surface area contributed by atoms with Gasteiger partial charge in [-0.05, 0) is 24.7 Å². The van der Waals surface area contributed by atoms with Crippen molar-refractivity contribution in [2.24, 2.45) is 5.41 Å². The first kappa shape index (κ1) is 14.3. The lowest BCUT2D eigenvalue weighted by Gasteiger charge is -2.27. The Kier molecular flexibility index (Phi) is 3.84. The van der Waals surface area contributed by atoms with Crippen molar-refractivity contribution in [1.29, 1.82) is 0 Å².